The molecule has 2 aliphatic rings. The van der Waals surface area contributed by atoms with Gasteiger partial charge in [-0.2, -0.15) is 0 Å². The lowest BCUT2D eigenvalue weighted by atomic mass is 9.89. The molecule has 1 saturated carbocycles. The highest BCUT2D eigenvalue weighted by molar-refractivity contribution is 5.98. The van der Waals surface area contributed by atoms with Crippen LogP contribution in [0.2, 0.25) is 0 Å². The van der Waals surface area contributed by atoms with E-state index < -0.39 is 0 Å². The van der Waals surface area contributed by atoms with Crippen molar-refractivity contribution < 1.29 is 23.5 Å². The fourth-order valence-electron chi connectivity index (χ4n) is 4.26. The van der Waals surface area contributed by atoms with Gasteiger partial charge in [-0.1, -0.05) is 30.7 Å². The predicted octanol–water partition coefficient (Wildman–Crippen LogP) is 3.66. The number of halogens is 1. The number of hydrogen-bond donors (Lipinski definition) is 1. The number of rotatable bonds is 6. The Labute approximate surface area is 187 Å². The molecule has 168 valence electrons. The second kappa shape index (κ2) is 9.85. The highest BCUT2D eigenvalue weighted by atomic mass is 19.1. The molecule has 6 nitrogen and oxygen atoms in total. The first-order valence-corrected chi connectivity index (χ1v) is 10.9. The molecule has 2 aromatic carbocycles. The molecule has 2 aromatic rings. The maximum atomic E-state index is 13.6. The maximum absolute atomic E-state index is 13.6. The molecule has 4 rings (SSSR count). The molecule has 32 heavy (non-hydrogen) atoms. The lowest BCUT2D eigenvalue weighted by Crippen LogP contribution is -2.57. The van der Waals surface area contributed by atoms with Crippen molar-refractivity contribution in [3.63, 3.8) is 0 Å². The molecule has 0 bridgehead atoms. The highest BCUT2D eigenvalue weighted by Gasteiger charge is 2.42. The van der Waals surface area contributed by atoms with Gasteiger partial charge in [0.05, 0.1) is 13.2 Å². The van der Waals surface area contributed by atoms with Crippen molar-refractivity contribution in [3.05, 3.63) is 71.2 Å². The van der Waals surface area contributed by atoms with E-state index in [9.17, 15) is 14.0 Å². The highest BCUT2D eigenvalue weighted by Crippen LogP contribution is 2.33. The number of fused-ring (bicyclic) bond motifs is 1. The van der Waals surface area contributed by atoms with E-state index in [4.69, 9.17) is 9.47 Å². The number of nitrogens with zero attached hydrogens (tertiary/aromatic N) is 1. The molecular weight excluding hydrogens is 411 g/mol. The van der Waals surface area contributed by atoms with E-state index >= 15 is 0 Å². The Balaban J connectivity index is 1.46. The summed E-state index contributed by atoms with van der Waals surface area (Å²) in [5.41, 5.74) is 1.49. The third-order valence-corrected chi connectivity index (χ3v) is 5.93. The van der Waals surface area contributed by atoms with Gasteiger partial charge in [0.25, 0.3) is 5.91 Å². The Morgan fingerprint density at radius 2 is 2.00 bits per heavy atom. The van der Waals surface area contributed by atoms with Crippen LogP contribution in [0.1, 0.15) is 36.8 Å². The van der Waals surface area contributed by atoms with Gasteiger partial charge in [0.1, 0.15) is 24.2 Å². The van der Waals surface area contributed by atoms with Crippen molar-refractivity contribution >= 4 is 17.9 Å². The van der Waals surface area contributed by atoms with E-state index in [0.29, 0.717) is 12.1 Å². The predicted molar refractivity (Wildman–Crippen MR) is 118 cm³/mol. The van der Waals surface area contributed by atoms with Crippen LogP contribution in [0.25, 0.3) is 6.08 Å². The monoisotopic (exact) mass is 438 g/mol. The summed E-state index contributed by atoms with van der Waals surface area (Å²) in [5, 5.41) is 2.89. The molecule has 1 aliphatic carbocycles. The summed E-state index contributed by atoms with van der Waals surface area (Å²) >= 11 is 0. The third-order valence-electron chi connectivity index (χ3n) is 5.93. The Bertz CT molecular complexity index is 1010. The standard InChI is InChI=1S/C25H27FN2O4/c1-31-20-11-9-17(10-12-20)15-27-24(29)16-28-21-7-2-3-8-22(21)32-23(25(28)30)14-18-5-4-6-19(26)13-18/h4-6,9-14,21-22H,2-3,7-8,15-16H2,1H3,(H,27,29)/b23-14+. The molecule has 1 saturated heterocycles. The first-order chi connectivity index (χ1) is 15.5. The summed E-state index contributed by atoms with van der Waals surface area (Å²) in [7, 11) is 1.60. The molecule has 1 heterocycles. The zero-order chi connectivity index (χ0) is 22.5. The van der Waals surface area contributed by atoms with E-state index in [-0.39, 0.29) is 42.1 Å². The van der Waals surface area contributed by atoms with Crippen molar-refractivity contribution in [2.45, 2.75) is 44.4 Å². The van der Waals surface area contributed by atoms with Crippen LogP contribution in [-0.4, -0.2) is 42.5 Å². The quantitative estimate of drug-likeness (QED) is 0.699. The van der Waals surface area contributed by atoms with Gasteiger partial charge in [0.2, 0.25) is 5.91 Å². The zero-order valence-electron chi connectivity index (χ0n) is 18.1. The number of benzene rings is 2. The minimum atomic E-state index is -0.382. The topological polar surface area (TPSA) is 67.9 Å². The molecule has 0 radical (unpaired) electrons. The summed E-state index contributed by atoms with van der Waals surface area (Å²) in [6, 6.07) is 13.3. The largest absolute Gasteiger partial charge is 0.497 e. The number of ether oxygens (including phenoxy) is 2. The summed E-state index contributed by atoms with van der Waals surface area (Å²) in [6.07, 6.45) is 5.02. The Hall–Kier alpha value is -3.35. The van der Waals surface area contributed by atoms with Crippen LogP contribution in [0.4, 0.5) is 4.39 Å². The number of carbonyl (C=O) groups excluding carboxylic acids is 2. The summed E-state index contributed by atoms with van der Waals surface area (Å²) in [5.74, 6) is -0.0444. The molecule has 2 amide bonds. The van der Waals surface area contributed by atoms with E-state index in [1.807, 2.05) is 24.3 Å². The van der Waals surface area contributed by atoms with Crippen LogP contribution in [-0.2, 0) is 20.9 Å². The van der Waals surface area contributed by atoms with Gasteiger partial charge in [0.15, 0.2) is 5.76 Å². The molecule has 2 atom stereocenters. The minimum Gasteiger partial charge on any atom is -0.497 e. The van der Waals surface area contributed by atoms with Crippen molar-refractivity contribution in [1.29, 1.82) is 0 Å². The summed E-state index contributed by atoms with van der Waals surface area (Å²) in [4.78, 5) is 27.5. The van der Waals surface area contributed by atoms with Crippen molar-refractivity contribution in [2.75, 3.05) is 13.7 Å². The van der Waals surface area contributed by atoms with Gasteiger partial charge in [-0.25, -0.2) is 4.39 Å². The number of methoxy groups -OCH3 is 1. The number of morpholine rings is 1. The van der Waals surface area contributed by atoms with Gasteiger partial charge in [-0.05, 0) is 60.7 Å². The van der Waals surface area contributed by atoms with Crippen LogP contribution in [0.3, 0.4) is 0 Å². The summed E-state index contributed by atoms with van der Waals surface area (Å²) in [6.45, 7) is 0.321. The van der Waals surface area contributed by atoms with E-state index in [2.05, 4.69) is 5.32 Å². The lowest BCUT2D eigenvalue weighted by Gasteiger charge is -2.44. The first-order valence-electron chi connectivity index (χ1n) is 10.9. The Morgan fingerprint density at radius 3 is 2.75 bits per heavy atom. The van der Waals surface area contributed by atoms with Gasteiger partial charge < -0.3 is 19.7 Å². The normalized spacial score (nSPS) is 21.6. The van der Waals surface area contributed by atoms with E-state index in [1.54, 1.807) is 30.2 Å². The Kier molecular flexibility index (Phi) is 6.73. The molecule has 1 aliphatic heterocycles. The molecule has 7 heteroatoms. The van der Waals surface area contributed by atoms with Crippen LogP contribution in [0.5, 0.6) is 5.75 Å². The molecular formula is C25H27FN2O4. The van der Waals surface area contributed by atoms with Crippen LogP contribution in [0, 0.1) is 5.82 Å². The Morgan fingerprint density at radius 1 is 1.22 bits per heavy atom. The number of carbonyl (C=O) groups is 2. The lowest BCUT2D eigenvalue weighted by molar-refractivity contribution is -0.151. The fraction of sp³-hybridized carbons (Fsp3) is 0.360. The van der Waals surface area contributed by atoms with Crippen molar-refractivity contribution in [1.82, 2.24) is 10.2 Å². The number of amides is 2. The first kappa shape index (κ1) is 21.9. The summed E-state index contributed by atoms with van der Waals surface area (Å²) < 4.78 is 24.7. The molecule has 2 unspecified atom stereocenters. The molecule has 1 N–H and O–H groups in total. The molecule has 0 aromatic heterocycles. The maximum Gasteiger partial charge on any atom is 0.289 e. The van der Waals surface area contributed by atoms with Gasteiger partial charge in [-0.15, -0.1) is 0 Å². The average Bonchev–Trinajstić information content (AvgIpc) is 2.81. The van der Waals surface area contributed by atoms with Gasteiger partial charge in [0, 0.05) is 6.54 Å². The molecule has 0 spiro atoms. The zero-order valence-corrected chi connectivity index (χ0v) is 18.1. The van der Waals surface area contributed by atoms with Crippen LogP contribution >= 0.6 is 0 Å². The average molecular weight is 438 g/mol. The van der Waals surface area contributed by atoms with Crippen molar-refractivity contribution in [2.24, 2.45) is 0 Å². The second-order valence-electron chi connectivity index (χ2n) is 8.13. The number of hydrogen-bond acceptors (Lipinski definition) is 4. The molecule has 2 fully saturated rings. The van der Waals surface area contributed by atoms with Gasteiger partial charge >= 0.3 is 0 Å². The SMILES string of the molecule is COc1ccc(CNC(=O)CN2C(=O)/C(=C\c3cccc(F)c3)OC3CCCCC32)cc1. The van der Waals surface area contributed by atoms with E-state index in [1.165, 1.54) is 12.1 Å². The third kappa shape index (κ3) is 5.10. The van der Waals surface area contributed by atoms with Gasteiger partial charge in [-0.3, -0.25) is 9.59 Å². The van der Waals surface area contributed by atoms with Crippen molar-refractivity contribution in [3.8, 4) is 5.75 Å². The fourth-order valence-corrected chi connectivity index (χ4v) is 4.26. The number of nitrogens with one attached hydrogen (secondary N) is 1. The van der Waals surface area contributed by atoms with Crippen LogP contribution in [0.15, 0.2) is 54.3 Å². The smallest absolute Gasteiger partial charge is 0.289 e. The minimum absolute atomic E-state index is 0.0417. The van der Waals surface area contributed by atoms with Crippen LogP contribution < -0.4 is 10.1 Å². The second-order valence-corrected chi connectivity index (χ2v) is 8.13. The van der Waals surface area contributed by atoms with E-state index in [0.717, 1.165) is 37.0 Å².